The Hall–Kier alpha value is -2.41. The molecule has 3 rings (SSSR count). The number of nitrogens with zero attached hydrogens (tertiary/aromatic N) is 2. The van der Waals surface area contributed by atoms with Gasteiger partial charge in [-0.1, -0.05) is 6.07 Å². The smallest absolute Gasteiger partial charge is 0.326 e. The number of carbonyl (C=O) groups is 2. The topological polar surface area (TPSA) is 86.3 Å². The summed E-state index contributed by atoms with van der Waals surface area (Å²) < 4.78 is 0. The SMILES string of the molecule is O=C(O)C1Cc2nc[nH]c2CN1C(=O)C=Cc1cccs1. The highest BCUT2D eigenvalue weighted by atomic mass is 32.1. The number of amides is 1. The maximum atomic E-state index is 12.3. The molecule has 2 aromatic rings. The minimum absolute atomic E-state index is 0.229. The van der Waals surface area contributed by atoms with Crippen molar-refractivity contribution in [2.45, 2.75) is 19.0 Å². The van der Waals surface area contributed by atoms with E-state index in [1.807, 2.05) is 17.5 Å². The van der Waals surface area contributed by atoms with Gasteiger partial charge in [-0.05, 0) is 17.5 Å². The Morgan fingerprint density at radius 2 is 2.38 bits per heavy atom. The van der Waals surface area contributed by atoms with Gasteiger partial charge in [0.25, 0.3) is 0 Å². The van der Waals surface area contributed by atoms with E-state index in [0.717, 1.165) is 10.6 Å². The molecule has 108 valence electrons. The quantitative estimate of drug-likeness (QED) is 0.842. The van der Waals surface area contributed by atoms with E-state index in [-0.39, 0.29) is 18.9 Å². The van der Waals surface area contributed by atoms with E-state index < -0.39 is 12.0 Å². The lowest BCUT2D eigenvalue weighted by atomic mass is 10.0. The first-order chi connectivity index (χ1) is 10.1. The van der Waals surface area contributed by atoms with Gasteiger partial charge >= 0.3 is 5.97 Å². The molecular formula is C14H13N3O3S. The summed E-state index contributed by atoms with van der Waals surface area (Å²) in [6.07, 6.45) is 4.88. The van der Waals surface area contributed by atoms with Crippen molar-refractivity contribution in [3.8, 4) is 0 Å². The third-order valence-electron chi connectivity index (χ3n) is 3.40. The molecule has 1 atom stereocenters. The van der Waals surface area contributed by atoms with Crippen LogP contribution in [0.15, 0.2) is 29.9 Å². The van der Waals surface area contributed by atoms with Gasteiger partial charge < -0.3 is 15.0 Å². The highest BCUT2D eigenvalue weighted by molar-refractivity contribution is 7.10. The Balaban J connectivity index is 1.82. The van der Waals surface area contributed by atoms with Crippen LogP contribution in [-0.2, 0) is 22.6 Å². The van der Waals surface area contributed by atoms with E-state index >= 15 is 0 Å². The van der Waals surface area contributed by atoms with Gasteiger partial charge in [-0.3, -0.25) is 4.79 Å². The van der Waals surface area contributed by atoms with Gasteiger partial charge in [0.05, 0.1) is 24.3 Å². The Morgan fingerprint density at radius 3 is 3.10 bits per heavy atom. The number of imidazole rings is 1. The van der Waals surface area contributed by atoms with Crippen LogP contribution in [0.1, 0.15) is 16.3 Å². The molecule has 7 heteroatoms. The number of carboxylic acid groups (broad SMARTS) is 1. The predicted molar refractivity (Wildman–Crippen MR) is 77.6 cm³/mol. The fourth-order valence-electron chi connectivity index (χ4n) is 2.32. The number of carboxylic acids is 1. The summed E-state index contributed by atoms with van der Waals surface area (Å²) in [6.45, 7) is 0.236. The van der Waals surface area contributed by atoms with Gasteiger partial charge in [0.1, 0.15) is 6.04 Å². The molecule has 1 aliphatic rings. The summed E-state index contributed by atoms with van der Waals surface area (Å²) in [7, 11) is 0. The predicted octanol–water partition coefficient (Wildman–Crippen LogP) is 1.52. The maximum Gasteiger partial charge on any atom is 0.326 e. The standard InChI is InChI=1S/C14H13N3O3S/c18-13(4-3-9-2-1-5-21-9)17-7-11-10(15-8-16-11)6-12(17)14(19)20/h1-5,8,12H,6-7H2,(H,15,16)(H,19,20). The molecule has 2 aromatic heterocycles. The molecular weight excluding hydrogens is 290 g/mol. The van der Waals surface area contributed by atoms with E-state index in [9.17, 15) is 14.7 Å². The maximum absolute atomic E-state index is 12.3. The summed E-state index contributed by atoms with van der Waals surface area (Å²) >= 11 is 1.52. The van der Waals surface area contributed by atoms with E-state index in [1.54, 1.807) is 6.08 Å². The number of aliphatic carboxylic acids is 1. The Labute approximate surface area is 124 Å². The molecule has 1 aliphatic heterocycles. The number of H-pyrrole nitrogens is 1. The summed E-state index contributed by atoms with van der Waals surface area (Å²) in [5, 5.41) is 11.2. The zero-order valence-electron chi connectivity index (χ0n) is 11.0. The number of fused-ring (bicyclic) bond motifs is 1. The summed E-state index contributed by atoms with van der Waals surface area (Å²) in [5.74, 6) is -1.32. The van der Waals surface area contributed by atoms with E-state index in [4.69, 9.17) is 0 Å². The van der Waals surface area contributed by atoms with Gasteiger partial charge in [0.2, 0.25) is 5.91 Å². The fourth-order valence-corrected chi connectivity index (χ4v) is 2.94. The zero-order chi connectivity index (χ0) is 14.8. The van der Waals surface area contributed by atoms with Crippen molar-refractivity contribution in [3.05, 3.63) is 46.2 Å². The van der Waals surface area contributed by atoms with Crippen molar-refractivity contribution >= 4 is 29.3 Å². The van der Waals surface area contributed by atoms with Crippen LogP contribution in [0.5, 0.6) is 0 Å². The van der Waals surface area contributed by atoms with Crippen LogP contribution >= 0.6 is 11.3 Å². The number of aromatic nitrogens is 2. The summed E-state index contributed by atoms with van der Waals surface area (Å²) in [5.41, 5.74) is 1.51. The second-order valence-corrected chi connectivity index (χ2v) is 5.68. The van der Waals surface area contributed by atoms with Crippen molar-refractivity contribution in [1.29, 1.82) is 0 Å². The molecule has 0 saturated heterocycles. The minimum Gasteiger partial charge on any atom is -0.480 e. The van der Waals surface area contributed by atoms with Crippen molar-refractivity contribution in [2.75, 3.05) is 0 Å². The molecule has 21 heavy (non-hydrogen) atoms. The molecule has 6 nitrogen and oxygen atoms in total. The van der Waals surface area contributed by atoms with Gasteiger partial charge in [-0.25, -0.2) is 9.78 Å². The van der Waals surface area contributed by atoms with Crippen LogP contribution < -0.4 is 0 Å². The molecule has 1 amide bonds. The van der Waals surface area contributed by atoms with Gasteiger partial charge in [0.15, 0.2) is 0 Å². The fraction of sp³-hybridized carbons (Fsp3) is 0.214. The lowest BCUT2D eigenvalue weighted by Gasteiger charge is -2.31. The molecule has 0 bridgehead atoms. The third kappa shape index (κ3) is 2.73. The van der Waals surface area contributed by atoms with Crippen molar-refractivity contribution in [3.63, 3.8) is 0 Å². The molecule has 0 radical (unpaired) electrons. The monoisotopic (exact) mass is 303 g/mol. The molecule has 3 heterocycles. The van der Waals surface area contributed by atoms with Crippen LogP contribution in [-0.4, -0.2) is 37.9 Å². The molecule has 0 fully saturated rings. The summed E-state index contributed by atoms with van der Waals surface area (Å²) in [4.78, 5) is 33.0. The van der Waals surface area contributed by atoms with Gasteiger partial charge in [-0.15, -0.1) is 11.3 Å². The van der Waals surface area contributed by atoms with Crippen molar-refractivity contribution < 1.29 is 14.7 Å². The van der Waals surface area contributed by atoms with Gasteiger partial charge in [0, 0.05) is 17.4 Å². The molecule has 0 aliphatic carbocycles. The number of hydrogen-bond acceptors (Lipinski definition) is 4. The molecule has 2 N–H and O–H groups in total. The lowest BCUT2D eigenvalue weighted by Crippen LogP contribution is -2.48. The Kier molecular flexibility index (Phi) is 3.57. The molecule has 0 spiro atoms. The molecule has 0 saturated carbocycles. The summed E-state index contributed by atoms with van der Waals surface area (Å²) in [6, 6.07) is 2.92. The molecule has 0 aromatic carbocycles. The van der Waals surface area contributed by atoms with Gasteiger partial charge in [-0.2, -0.15) is 0 Å². The van der Waals surface area contributed by atoms with E-state index in [2.05, 4.69) is 9.97 Å². The van der Waals surface area contributed by atoms with E-state index in [0.29, 0.717) is 5.69 Å². The third-order valence-corrected chi connectivity index (χ3v) is 4.24. The zero-order valence-corrected chi connectivity index (χ0v) is 11.8. The molecule has 1 unspecified atom stereocenters. The number of aromatic amines is 1. The number of hydrogen-bond donors (Lipinski definition) is 2. The van der Waals surface area contributed by atoms with Crippen LogP contribution in [0, 0.1) is 0 Å². The number of rotatable bonds is 3. The normalized spacial score (nSPS) is 17.9. The first-order valence-electron chi connectivity index (χ1n) is 6.41. The number of thiophene rings is 1. The average Bonchev–Trinajstić information content (AvgIpc) is 3.13. The number of carbonyl (C=O) groups excluding carboxylic acids is 1. The number of nitrogens with one attached hydrogen (secondary N) is 1. The average molecular weight is 303 g/mol. The first-order valence-corrected chi connectivity index (χ1v) is 7.29. The van der Waals surface area contributed by atoms with Crippen molar-refractivity contribution in [1.82, 2.24) is 14.9 Å². The Bertz CT molecular complexity index is 690. The van der Waals surface area contributed by atoms with Crippen LogP contribution in [0.25, 0.3) is 6.08 Å². The highest BCUT2D eigenvalue weighted by Gasteiger charge is 2.34. The lowest BCUT2D eigenvalue weighted by molar-refractivity contribution is -0.149. The largest absolute Gasteiger partial charge is 0.480 e. The van der Waals surface area contributed by atoms with Crippen LogP contribution in [0.4, 0.5) is 0 Å². The van der Waals surface area contributed by atoms with Crippen LogP contribution in [0.3, 0.4) is 0 Å². The highest BCUT2D eigenvalue weighted by Crippen LogP contribution is 2.21. The minimum atomic E-state index is -1.01. The second-order valence-electron chi connectivity index (χ2n) is 4.70. The van der Waals surface area contributed by atoms with Crippen molar-refractivity contribution in [2.24, 2.45) is 0 Å². The Morgan fingerprint density at radius 1 is 1.52 bits per heavy atom. The van der Waals surface area contributed by atoms with Crippen LogP contribution in [0.2, 0.25) is 0 Å². The first kappa shape index (κ1) is 13.6. The van der Waals surface area contributed by atoms with E-state index in [1.165, 1.54) is 28.6 Å². The second kappa shape index (κ2) is 5.53.